The molecule has 1 saturated carbocycles. The molecule has 1 aromatic carbocycles. The highest BCUT2D eigenvalue weighted by molar-refractivity contribution is 6.30. The van der Waals surface area contributed by atoms with Gasteiger partial charge in [0.15, 0.2) is 0 Å². The predicted octanol–water partition coefficient (Wildman–Crippen LogP) is 2.08. The summed E-state index contributed by atoms with van der Waals surface area (Å²) in [6, 6.07) is 7.09. The molecule has 0 saturated heterocycles. The molecule has 0 aliphatic heterocycles. The Morgan fingerprint density at radius 3 is 2.85 bits per heavy atom. The first kappa shape index (κ1) is 14.9. The maximum absolute atomic E-state index is 12.1. The fourth-order valence-corrected chi connectivity index (χ4v) is 2.50. The third-order valence-corrected chi connectivity index (χ3v) is 3.74. The lowest BCUT2D eigenvalue weighted by molar-refractivity contribution is -0.129. The molecule has 2 N–H and O–H groups in total. The molecule has 1 aromatic rings. The summed E-state index contributed by atoms with van der Waals surface area (Å²) in [6.45, 7) is 4.11. The van der Waals surface area contributed by atoms with Gasteiger partial charge in [0.2, 0.25) is 11.8 Å². The van der Waals surface area contributed by atoms with Gasteiger partial charge in [-0.05, 0) is 43.9 Å². The number of amides is 2. The molecule has 1 aliphatic rings. The van der Waals surface area contributed by atoms with Gasteiger partial charge < -0.3 is 10.6 Å². The minimum absolute atomic E-state index is 0.0506. The highest BCUT2D eigenvalue weighted by Gasteiger charge is 2.44. The number of halogens is 1. The highest BCUT2D eigenvalue weighted by Crippen LogP contribution is 2.47. The number of rotatable bonds is 5. The largest absolute Gasteiger partial charge is 0.355 e. The van der Waals surface area contributed by atoms with Gasteiger partial charge >= 0.3 is 0 Å². The third-order valence-electron chi connectivity index (χ3n) is 3.51. The van der Waals surface area contributed by atoms with Gasteiger partial charge in [0, 0.05) is 17.5 Å². The van der Waals surface area contributed by atoms with Crippen LogP contribution in [0.3, 0.4) is 0 Å². The maximum atomic E-state index is 12.1. The Bertz CT molecular complexity index is 518. The van der Waals surface area contributed by atoms with Crippen molar-refractivity contribution in [1.29, 1.82) is 0 Å². The molecule has 4 nitrogen and oxygen atoms in total. The van der Waals surface area contributed by atoms with Crippen molar-refractivity contribution in [3.05, 3.63) is 34.9 Å². The van der Waals surface area contributed by atoms with Crippen LogP contribution in [0.15, 0.2) is 24.3 Å². The minimum Gasteiger partial charge on any atom is -0.355 e. The Kier molecular flexibility index (Phi) is 4.65. The lowest BCUT2D eigenvalue weighted by atomic mass is 10.1. The molecule has 20 heavy (non-hydrogen) atoms. The van der Waals surface area contributed by atoms with Gasteiger partial charge in [-0.1, -0.05) is 23.7 Å². The van der Waals surface area contributed by atoms with Crippen molar-refractivity contribution in [2.24, 2.45) is 5.92 Å². The lowest BCUT2D eigenvalue weighted by Gasteiger charge is -2.13. The Hall–Kier alpha value is -1.55. The van der Waals surface area contributed by atoms with E-state index in [4.69, 9.17) is 11.6 Å². The van der Waals surface area contributed by atoms with Crippen LogP contribution in [0.2, 0.25) is 5.02 Å². The molecule has 0 heterocycles. The quantitative estimate of drug-likeness (QED) is 0.873. The summed E-state index contributed by atoms with van der Waals surface area (Å²) in [5.74, 6) is -0.0463. The fraction of sp³-hybridized carbons (Fsp3) is 0.467. The summed E-state index contributed by atoms with van der Waals surface area (Å²) in [5, 5.41) is 6.13. The zero-order valence-corrected chi connectivity index (χ0v) is 12.4. The van der Waals surface area contributed by atoms with Gasteiger partial charge in [-0.15, -0.1) is 0 Å². The first-order valence-electron chi connectivity index (χ1n) is 6.86. The van der Waals surface area contributed by atoms with Gasteiger partial charge in [0.1, 0.15) is 6.04 Å². The minimum atomic E-state index is -0.497. The van der Waals surface area contributed by atoms with E-state index in [0.29, 0.717) is 11.6 Å². The van der Waals surface area contributed by atoms with Crippen LogP contribution < -0.4 is 10.6 Å². The second-order valence-electron chi connectivity index (χ2n) is 5.13. The van der Waals surface area contributed by atoms with Crippen molar-refractivity contribution < 1.29 is 9.59 Å². The van der Waals surface area contributed by atoms with Crippen LogP contribution >= 0.6 is 11.6 Å². The first-order valence-corrected chi connectivity index (χ1v) is 7.24. The third kappa shape index (κ3) is 3.51. The van der Waals surface area contributed by atoms with E-state index in [9.17, 15) is 9.59 Å². The topological polar surface area (TPSA) is 58.2 Å². The number of hydrogen-bond donors (Lipinski definition) is 2. The number of hydrogen-bond acceptors (Lipinski definition) is 2. The summed E-state index contributed by atoms with van der Waals surface area (Å²) < 4.78 is 0. The van der Waals surface area contributed by atoms with E-state index in [2.05, 4.69) is 10.6 Å². The van der Waals surface area contributed by atoms with Crippen LogP contribution in [0.5, 0.6) is 0 Å². The SMILES string of the molecule is CCNC(=O)[C@H](C)NC(=O)[C@@H]1C[C@@H]1c1cccc(Cl)c1. The molecule has 0 unspecified atom stereocenters. The summed E-state index contributed by atoms with van der Waals surface area (Å²) >= 11 is 5.95. The summed E-state index contributed by atoms with van der Waals surface area (Å²) in [7, 11) is 0. The second-order valence-corrected chi connectivity index (χ2v) is 5.56. The molecular formula is C15H19ClN2O2. The molecule has 0 spiro atoms. The number of carbonyl (C=O) groups is 2. The zero-order chi connectivity index (χ0) is 14.7. The number of carbonyl (C=O) groups excluding carboxylic acids is 2. The average molecular weight is 295 g/mol. The van der Waals surface area contributed by atoms with E-state index >= 15 is 0 Å². The molecule has 1 aliphatic carbocycles. The Morgan fingerprint density at radius 1 is 1.45 bits per heavy atom. The van der Waals surface area contributed by atoms with Crippen LogP contribution in [0.1, 0.15) is 31.7 Å². The molecule has 0 radical (unpaired) electrons. The van der Waals surface area contributed by atoms with E-state index < -0.39 is 6.04 Å². The van der Waals surface area contributed by atoms with Crippen LogP contribution in [0.4, 0.5) is 0 Å². The standard InChI is InChI=1S/C15H19ClN2O2/c1-3-17-14(19)9(2)18-15(20)13-8-12(13)10-5-4-6-11(16)7-10/h4-7,9,12-13H,3,8H2,1-2H3,(H,17,19)(H,18,20)/t9-,12+,13+/m0/s1. The number of nitrogens with one attached hydrogen (secondary N) is 2. The lowest BCUT2D eigenvalue weighted by Crippen LogP contribution is -2.45. The molecule has 5 heteroatoms. The van der Waals surface area contributed by atoms with E-state index in [0.717, 1.165) is 12.0 Å². The molecular weight excluding hydrogens is 276 g/mol. The van der Waals surface area contributed by atoms with Crippen LogP contribution in [0.25, 0.3) is 0 Å². The van der Waals surface area contributed by atoms with Gasteiger partial charge in [0.05, 0.1) is 0 Å². The summed E-state index contributed by atoms with van der Waals surface area (Å²) in [6.07, 6.45) is 0.814. The van der Waals surface area contributed by atoms with E-state index in [-0.39, 0.29) is 23.7 Å². The van der Waals surface area contributed by atoms with Crippen LogP contribution in [-0.4, -0.2) is 24.4 Å². The van der Waals surface area contributed by atoms with E-state index in [1.807, 2.05) is 31.2 Å². The van der Waals surface area contributed by atoms with Crippen molar-refractivity contribution in [2.45, 2.75) is 32.2 Å². The summed E-state index contributed by atoms with van der Waals surface area (Å²) in [5.41, 5.74) is 1.09. The molecule has 2 amide bonds. The van der Waals surface area contributed by atoms with Crippen molar-refractivity contribution in [1.82, 2.24) is 10.6 Å². The van der Waals surface area contributed by atoms with Crippen molar-refractivity contribution >= 4 is 23.4 Å². The zero-order valence-electron chi connectivity index (χ0n) is 11.7. The Balaban J connectivity index is 1.88. The second kappa shape index (κ2) is 6.27. The smallest absolute Gasteiger partial charge is 0.242 e. The normalized spacial score (nSPS) is 21.9. The van der Waals surface area contributed by atoms with E-state index in [1.54, 1.807) is 6.92 Å². The predicted molar refractivity (Wildman–Crippen MR) is 78.6 cm³/mol. The summed E-state index contributed by atoms with van der Waals surface area (Å²) in [4.78, 5) is 23.6. The number of benzene rings is 1. The first-order chi connectivity index (χ1) is 9.52. The molecule has 2 rings (SSSR count). The molecule has 108 valence electrons. The average Bonchev–Trinajstić information content (AvgIpc) is 3.19. The van der Waals surface area contributed by atoms with Crippen molar-refractivity contribution in [2.75, 3.05) is 6.54 Å². The Morgan fingerprint density at radius 2 is 2.20 bits per heavy atom. The van der Waals surface area contributed by atoms with Gasteiger partial charge in [0.25, 0.3) is 0 Å². The van der Waals surface area contributed by atoms with Crippen LogP contribution in [0, 0.1) is 5.92 Å². The molecule has 1 fully saturated rings. The monoisotopic (exact) mass is 294 g/mol. The van der Waals surface area contributed by atoms with Gasteiger partial charge in [-0.3, -0.25) is 9.59 Å². The van der Waals surface area contributed by atoms with Crippen molar-refractivity contribution in [3.63, 3.8) is 0 Å². The molecule has 3 atom stereocenters. The molecule has 0 bridgehead atoms. The highest BCUT2D eigenvalue weighted by atomic mass is 35.5. The van der Waals surface area contributed by atoms with Crippen LogP contribution in [-0.2, 0) is 9.59 Å². The van der Waals surface area contributed by atoms with Crippen molar-refractivity contribution in [3.8, 4) is 0 Å². The Labute approximate surface area is 123 Å². The van der Waals surface area contributed by atoms with Gasteiger partial charge in [-0.2, -0.15) is 0 Å². The number of likely N-dealkylation sites (N-methyl/N-ethyl adjacent to an activating group) is 1. The fourth-order valence-electron chi connectivity index (χ4n) is 2.30. The maximum Gasteiger partial charge on any atom is 0.242 e. The molecule has 0 aromatic heterocycles. The van der Waals surface area contributed by atoms with Gasteiger partial charge in [-0.25, -0.2) is 0 Å². The van der Waals surface area contributed by atoms with E-state index in [1.165, 1.54) is 0 Å².